The minimum atomic E-state index is -0.396. The summed E-state index contributed by atoms with van der Waals surface area (Å²) in [5.41, 5.74) is 15.4. The van der Waals surface area contributed by atoms with Crippen molar-refractivity contribution in [1.29, 1.82) is 0 Å². The maximum Gasteiger partial charge on any atom is 0.0714 e. The first-order valence-corrected chi connectivity index (χ1v) is 16.3. The average Bonchev–Trinajstić information content (AvgIpc) is 3.56. The maximum atomic E-state index is 3.00. The van der Waals surface area contributed by atoms with Crippen molar-refractivity contribution >= 4 is 11.4 Å². The van der Waals surface area contributed by atoms with Gasteiger partial charge in [-0.1, -0.05) is 149 Å². The summed E-state index contributed by atoms with van der Waals surface area (Å²) in [6, 6.07) is 53.9. The lowest BCUT2D eigenvalue weighted by molar-refractivity contribution is 0.660. The molecule has 0 unspecified atom stereocenters. The summed E-state index contributed by atoms with van der Waals surface area (Å²) < 4.78 is 0. The van der Waals surface area contributed by atoms with Crippen molar-refractivity contribution in [3.8, 4) is 22.3 Å². The van der Waals surface area contributed by atoms with E-state index in [-0.39, 0.29) is 5.41 Å². The molecule has 6 aromatic rings. The summed E-state index contributed by atoms with van der Waals surface area (Å²) in [6.07, 6.45) is 0. The topological polar surface area (TPSA) is 3.24 Å². The van der Waals surface area contributed by atoms with Crippen LogP contribution in [0.1, 0.15) is 61.1 Å². The van der Waals surface area contributed by atoms with Crippen LogP contribution in [0.5, 0.6) is 0 Å². The molecule has 0 saturated heterocycles. The van der Waals surface area contributed by atoms with E-state index in [4.69, 9.17) is 0 Å². The van der Waals surface area contributed by atoms with Crippen LogP contribution in [0, 0.1) is 0 Å². The van der Waals surface area contributed by atoms with E-state index in [9.17, 15) is 0 Å². The van der Waals surface area contributed by atoms with Crippen LogP contribution >= 0.6 is 0 Å². The Morgan fingerprint density at radius 2 is 0.826 bits per heavy atom. The van der Waals surface area contributed by atoms with Crippen LogP contribution in [0.4, 0.5) is 11.4 Å². The number of anilines is 2. The van der Waals surface area contributed by atoms with Crippen molar-refractivity contribution in [2.24, 2.45) is 0 Å². The predicted molar refractivity (Wildman–Crippen MR) is 198 cm³/mol. The van der Waals surface area contributed by atoms with Gasteiger partial charge in [-0.2, -0.15) is 0 Å². The number of hydrogen-bond donors (Lipinski definition) is 0. The zero-order valence-corrected chi connectivity index (χ0v) is 27.7. The highest BCUT2D eigenvalue weighted by atomic mass is 15.1. The molecule has 1 nitrogen and oxygen atoms in total. The molecule has 0 radical (unpaired) electrons. The number of hydrogen-bond acceptors (Lipinski definition) is 1. The second-order valence-electron chi connectivity index (χ2n) is 12.2. The van der Waals surface area contributed by atoms with E-state index >= 15 is 0 Å². The standard InChI is InChI=1S/C41H33N.C2H6.C2H4/c1-40(2)36-20-12-10-18-32(36)34-24-22-30(26-38(34)40)42(3)31-23-25-35-33-19-11-13-21-37(33)41(39(35)27-31,28-14-6-4-7-15-28)29-16-8-5-9-17-29;2*1-2/h4-27H,1-3H3;1-2H3;1-2H2. The van der Waals surface area contributed by atoms with Gasteiger partial charge in [-0.25, -0.2) is 0 Å². The van der Waals surface area contributed by atoms with E-state index < -0.39 is 5.41 Å². The first kappa shape index (κ1) is 30.9. The zero-order valence-electron chi connectivity index (χ0n) is 27.7. The Balaban J connectivity index is 0.000000896. The Kier molecular flexibility index (Phi) is 8.28. The van der Waals surface area contributed by atoms with E-state index in [1.807, 2.05) is 13.8 Å². The van der Waals surface area contributed by atoms with E-state index in [1.165, 1.54) is 67.0 Å². The van der Waals surface area contributed by atoms with E-state index in [1.54, 1.807) is 0 Å². The summed E-state index contributed by atoms with van der Waals surface area (Å²) in [5.74, 6) is 0. The molecule has 0 bridgehead atoms. The van der Waals surface area contributed by atoms with E-state index in [2.05, 4.69) is 185 Å². The Labute approximate surface area is 275 Å². The summed E-state index contributed by atoms with van der Waals surface area (Å²) >= 11 is 0. The molecule has 0 spiro atoms. The molecule has 46 heavy (non-hydrogen) atoms. The lowest BCUT2D eigenvalue weighted by atomic mass is 9.67. The molecule has 8 rings (SSSR count). The average molecular weight is 598 g/mol. The molecular weight excluding hydrogens is 555 g/mol. The molecule has 0 aromatic heterocycles. The normalized spacial score (nSPS) is 13.8. The van der Waals surface area contributed by atoms with Crippen molar-refractivity contribution in [1.82, 2.24) is 0 Å². The van der Waals surface area contributed by atoms with Gasteiger partial charge in [-0.15, -0.1) is 13.2 Å². The summed E-state index contributed by atoms with van der Waals surface area (Å²) in [4.78, 5) is 2.35. The van der Waals surface area contributed by atoms with Crippen molar-refractivity contribution in [3.63, 3.8) is 0 Å². The van der Waals surface area contributed by atoms with Crippen LogP contribution in [0.3, 0.4) is 0 Å². The third-order valence-corrected chi connectivity index (χ3v) is 9.78. The van der Waals surface area contributed by atoms with Crippen LogP contribution in [-0.2, 0) is 10.8 Å². The minimum absolute atomic E-state index is 0.0296. The largest absolute Gasteiger partial charge is 0.345 e. The van der Waals surface area contributed by atoms with Crippen LogP contribution < -0.4 is 4.90 Å². The smallest absolute Gasteiger partial charge is 0.0714 e. The monoisotopic (exact) mass is 597 g/mol. The van der Waals surface area contributed by atoms with Crippen LogP contribution in [0.25, 0.3) is 22.3 Å². The second kappa shape index (κ2) is 12.3. The van der Waals surface area contributed by atoms with E-state index in [0.717, 1.165) is 0 Å². The molecule has 0 fully saturated rings. The molecule has 2 aliphatic carbocycles. The minimum Gasteiger partial charge on any atom is -0.345 e. The fraction of sp³-hybridized carbons (Fsp3) is 0.156. The maximum absolute atomic E-state index is 3.00. The highest BCUT2D eigenvalue weighted by molar-refractivity contribution is 5.89. The Morgan fingerprint density at radius 1 is 0.435 bits per heavy atom. The molecule has 0 N–H and O–H groups in total. The molecule has 228 valence electrons. The van der Waals surface area contributed by atoms with Crippen molar-refractivity contribution in [3.05, 3.63) is 192 Å². The number of nitrogens with zero attached hydrogens (tertiary/aromatic N) is 1. The Morgan fingerprint density at radius 3 is 1.37 bits per heavy atom. The number of benzene rings is 6. The first-order valence-electron chi connectivity index (χ1n) is 16.3. The quantitative estimate of drug-likeness (QED) is 0.182. The molecule has 0 heterocycles. The highest BCUT2D eigenvalue weighted by Crippen LogP contribution is 2.57. The number of rotatable bonds is 4. The number of fused-ring (bicyclic) bond motifs is 6. The van der Waals surface area contributed by atoms with Crippen LogP contribution in [0.2, 0.25) is 0 Å². The van der Waals surface area contributed by atoms with Crippen molar-refractivity contribution in [2.45, 2.75) is 38.5 Å². The summed E-state index contributed by atoms with van der Waals surface area (Å²) in [7, 11) is 2.20. The lowest BCUT2D eigenvalue weighted by Gasteiger charge is -2.34. The molecule has 1 heteroatoms. The summed E-state index contributed by atoms with van der Waals surface area (Å²) in [6.45, 7) is 14.7. The Bertz CT molecular complexity index is 1940. The second-order valence-corrected chi connectivity index (χ2v) is 12.2. The molecular formula is C45H43N. The zero-order chi connectivity index (χ0) is 32.5. The molecule has 0 amide bonds. The highest BCUT2D eigenvalue weighted by Gasteiger charge is 2.46. The third-order valence-electron chi connectivity index (χ3n) is 9.78. The van der Waals surface area contributed by atoms with Gasteiger partial charge in [0.1, 0.15) is 0 Å². The van der Waals surface area contributed by atoms with Gasteiger partial charge in [0.15, 0.2) is 0 Å². The molecule has 6 aromatic carbocycles. The van der Waals surface area contributed by atoms with Crippen LogP contribution in [0.15, 0.2) is 159 Å². The van der Waals surface area contributed by atoms with Gasteiger partial charge in [-0.05, 0) is 79.9 Å². The molecule has 0 aliphatic heterocycles. The van der Waals surface area contributed by atoms with Gasteiger partial charge in [-0.3, -0.25) is 0 Å². The van der Waals surface area contributed by atoms with Gasteiger partial charge >= 0.3 is 0 Å². The predicted octanol–water partition coefficient (Wildman–Crippen LogP) is 12.0. The fourth-order valence-electron chi connectivity index (χ4n) is 7.69. The van der Waals surface area contributed by atoms with Gasteiger partial charge in [0.05, 0.1) is 5.41 Å². The van der Waals surface area contributed by atoms with Crippen molar-refractivity contribution < 1.29 is 0 Å². The summed E-state index contributed by atoms with van der Waals surface area (Å²) in [5, 5.41) is 0. The lowest BCUT2D eigenvalue weighted by Crippen LogP contribution is -2.28. The van der Waals surface area contributed by atoms with Crippen molar-refractivity contribution in [2.75, 3.05) is 11.9 Å². The Hall–Kier alpha value is -5.14. The van der Waals surface area contributed by atoms with Gasteiger partial charge in [0, 0.05) is 23.8 Å². The fourth-order valence-corrected chi connectivity index (χ4v) is 7.69. The SMILES string of the molecule is C=C.CC.CN(c1ccc2c(c1)C(C)(C)c1ccccc1-2)c1ccc2c(c1)C(c1ccccc1)(c1ccccc1)c1ccccc1-2. The molecule has 0 saturated carbocycles. The molecule has 2 aliphatic rings. The third kappa shape index (κ3) is 4.53. The first-order chi connectivity index (χ1) is 22.5. The van der Waals surface area contributed by atoms with Gasteiger partial charge < -0.3 is 4.90 Å². The van der Waals surface area contributed by atoms with E-state index in [0.29, 0.717) is 0 Å². The van der Waals surface area contributed by atoms with Crippen LogP contribution in [-0.4, -0.2) is 7.05 Å². The van der Waals surface area contributed by atoms with Gasteiger partial charge in [0.25, 0.3) is 0 Å². The van der Waals surface area contributed by atoms with Gasteiger partial charge in [0.2, 0.25) is 0 Å². The molecule has 0 atom stereocenters.